The number of carboxylic acids is 1. The molecule has 21 heavy (non-hydrogen) atoms. The molecule has 0 atom stereocenters. The van der Waals surface area contributed by atoms with Gasteiger partial charge in [0.25, 0.3) is 0 Å². The molecule has 6 nitrogen and oxygen atoms in total. The zero-order chi connectivity index (χ0) is 15.7. The lowest BCUT2D eigenvalue weighted by atomic mass is 9.80. The summed E-state index contributed by atoms with van der Waals surface area (Å²) in [5.74, 6) is -0.980. The van der Waals surface area contributed by atoms with Gasteiger partial charge in [-0.25, -0.2) is 13.1 Å². The van der Waals surface area contributed by atoms with Gasteiger partial charge in [0, 0.05) is 29.5 Å². The molecule has 8 heteroatoms. The third-order valence-corrected chi connectivity index (χ3v) is 6.41. The molecule has 1 aromatic heterocycles. The van der Waals surface area contributed by atoms with E-state index in [0.29, 0.717) is 30.9 Å². The van der Waals surface area contributed by atoms with Gasteiger partial charge in [-0.3, -0.25) is 4.79 Å². The third kappa shape index (κ3) is 3.45. The van der Waals surface area contributed by atoms with E-state index in [1.165, 1.54) is 11.3 Å². The van der Waals surface area contributed by atoms with Crippen molar-refractivity contribution >= 4 is 27.3 Å². The van der Waals surface area contributed by atoms with Crippen LogP contribution in [0.2, 0.25) is 0 Å². The number of rotatable bonds is 5. The molecular formula is C13H19NO5S2. The fourth-order valence-corrected chi connectivity index (χ4v) is 5.09. The number of aryl methyl sites for hydroxylation is 2. The highest BCUT2D eigenvalue weighted by atomic mass is 32.2. The number of hydrogen-bond donors (Lipinski definition) is 2. The Morgan fingerprint density at radius 1 is 1.43 bits per heavy atom. The summed E-state index contributed by atoms with van der Waals surface area (Å²) in [5, 5.41) is 9.43. The Hall–Kier alpha value is -0.960. The zero-order valence-corrected chi connectivity index (χ0v) is 13.6. The predicted molar refractivity (Wildman–Crippen MR) is 79.1 cm³/mol. The van der Waals surface area contributed by atoms with E-state index in [1.807, 2.05) is 6.92 Å². The molecular weight excluding hydrogens is 314 g/mol. The van der Waals surface area contributed by atoms with E-state index < -0.39 is 21.4 Å². The minimum Gasteiger partial charge on any atom is -0.481 e. The van der Waals surface area contributed by atoms with E-state index in [9.17, 15) is 18.3 Å². The smallest absolute Gasteiger partial charge is 0.311 e. The third-order valence-electron chi connectivity index (χ3n) is 3.79. The van der Waals surface area contributed by atoms with Crippen LogP contribution in [-0.2, 0) is 19.6 Å². The first-order valence-electron chi connectivity index (χ1n) is 6.65. The predicted octanol–water partition coefficient (Wildman–Crippen LogP) is 1.52. The largest absolute Gasteiger partial charge is 0.481 e. The Labute approximate surface area is 128 Å². The van der Waals surface area contributed by atoms with Crippen molar-refractivity contribution in [2.45, 2.75) is 31.6 Å². The molecule has 1 aromatic rings. The molecule has 0 unspecified atom stereocenters. The second kappa shape index (κ2) is 6.04. The van der Waals surface area contributed by atoms with Crippen LogP contribution in [0.1, 0.15) is 22.6 Å². The number of thiophene rings is 1. The fourth-order valence-electron chi connectivity index (χ4n) is 2.41. The van der Waals surface area contributed by atoms with Crippen LogP contribution in [0.4, 0.5) is 0 Å². The van der Waals surface area contributed by atoms with E-state index >= 15 is 0 Å². The summed E-state index contributed by atoms with van der Waals surface area (Å²) in [6.07, 6.45) is 0.624. The monoisotopic (exact) mass is 333 g/mol. The summed E-state index contributed by atoms with van der Waals surface area (Å²) in [6.45, 7) is 4.15. The van der Waals surface area contributed by atoms with Gasteiger partial charge >= 0.3 is 5.97 Å². The molecule has 0 amide bonds. The lowest BCUT2D eigenvalue weighted by Crippen LogP contribution is -2.46. The number of ether oxygens (including phenoxy) is 1. The standard InChI is InChI=1S/C13H19NO5S2/c1-9-7-11(10(2)20-9)21(17,18)14-8-13(12(15)16)3-5-19-6-4-13/h7,14H,3-6,8H2,1-2H3,(H,15,16). The minimum absolute atomic E-state index is 0.109. The summed E-state index contributed by atoms with van der Waals surface area (Å²) in [6, 6.07) is 1.61. The molecule has 0 aromatic carbocycles. The maximum Gasteiger partial charge on any atom is 0.311 e. The van der Waals surface area contributed by atoms with Crippen LogP contribution in [0.25, 0.3) is 0 Å². The fraction of sp³-hybridized carbons (Fsp3) is 0.615. The quantitative estimate of drug-likeness (QED) is 0.852. The molecule has 1 aliphatic heterocycles. The molecule has 1 aliphatic rings. The second-order valence-electron chi connectivity index (χ2n) is 5.30. The van der Waals surface area contributed by atoms with Crippen molar-refractivity contribution in [1.82, 2.24) is 4.72 Å². The van der Waals surface area contributed by atoms with Crippen molar-refractivity contribution < 1.29 is 23.1 Å². The highest BCUT2D eigenvalue weighted by Gasteiger charge is 2.41. The summed E-state index contributed by atoms with van der Waals surface area (Å²) in [5.41, 5.74) is -1.08. The molecule has 118 valence electrons. The van der Waals surface area contributed by atoms with Crippen molar-refractivity contribution in [3.8, 4) is 0 Å². The van der Waals surface area contributed by atoms with E-state index in [-0.39, 0.29) is 11.4 Å². The van der Waals surface area contributed by atoms with Crippen LogP contribution in [0.5, 0.6) is 0 Å². The summed E-state index contributed by atoms with van der Waals surface area (Å²) in [7, 11) is -3.68. The van der Waals surface area contributed by atoms with Crippen LogP contribution in [0.15, 0.2) is 11.0 Å². The molecule has 0 radical (unpaired) electrons. The van der Waals surface area contributed by atoms with Crippen molar-refractivity contribution in [1.29, 1.82) is 0 Å². The van der Waals surface area contributed by atoms with Crippen molar-refractivity contribution in [3.05, 3.63) is 15.8 Å². The SMILES string of the molecule is Cc1cc(S(=O)(=O)NCC2(C(=O)O)CCOCC2)c(C)s1. The number of carboxylic acid groups (broad SMARTS) is 1. The van der Waals surface area contributed by atoms with Crippen LogP contribution in [0.3, 0.4) is 0 Å². The zero-order valence-electron chi connectivity index (χ0n) is 12.0. The Morgan fingerprint density at radius 2 is 2.05 bits per heavy atom. The van der Waals surface area contributed by atoms with Gasteiger partial charge in [-0.15, -0.1) is 11.3 Å². The molecule has 0 bridgehead atoms. The van der Waals surface area contributed by atoms with Crippen molar-refractivity contribution in [3.63, 3.8) is 0 Å². The average molecular weight is 333 g/mol. The highest BCUT2D eigenvalue weighted by Crippen LogP contribution is 2.31. The Bertz CT molecular complexity index is 629. The van der Waals surface area contributed by atoms with Crippen LogP contribution >= 0.6 is 11.3 Å². The van der Waals surface area contributed by atoms with Crippen molar-refractivity contribution in [2.75, 3.05) is 19.8 Å². The van der Waals surface area contributed by atoms with Gasteiger partial charge in [0.15, 0.2) is 0 Å². The first-order chi connectivity index (χ1) is 9.77. The summed E-state index contributed by atoms with van der Waals surface area (Å²) in [4.78, 5) is 13.4. The molecule has 2 N–H and O–H groups in total. The van der Waals surface area contributed by atoms with Gasteiger partial charge in [0.1, 0.15) is 0 Å². The topological polar surface area (TPSA) is 92.7 Å². The second-order valence-corrected chi connectivity index (χ2v) is 8.50. The van der Waals surface area contributed by atoms with E-state index in [0.717, 1.165) is 4.88 Å². The Kier molecular flexibility index (Phi) is 4.72. The van der Waals surface area contributed by atoms with Gasteiger partial charge in [-0.05, 0) is 32.8 Å². The lowest BCUT2D eigenvalue weighted by molar-refractivity contribution is -0.154. The molecule has 1 fully saturated rings. The summed E-state index contributed by atoms with van der Waals surface area (Å²) >= 11 is 1.41. The van der Waals surface area contributed by atoms with Crippen molar-refractivity contribution in [2.24, 2.45) is 5.41 Å². The van der Waals surface area contributed by atoms with E-state index in [2.05, 4.69) is 4.72 Å². The normalized spacial score (nSPS) is 18.6. The Balaban J connectivity index is 2.17. The number of aliphatic carboxylic acids is 1. The molecule has 0 spiro atoms. The number of hydrogen-bond acceptors (Lipinski definition) is 5. The lowest BCUT2D eigenvalue weighted by Gasteiger charge is -2.33. The van der Waals surface area contributed by atoms with Gasteiger partial charge in [0.05, 0.1) is 10.3 Å². The molecule has 1 saturated heterocycles. The first-order valence-corrected chi connectivity index (χ1v) is 8.95. The number of sulfonamides is 1. The number of carbonyl (C=O) groups is 1. The van der Waals surface area contributed by atoms with Crippen LogP contribution < -0.4 is 4.72 Å². The van der Waals surface area contributed by atoms with Gasteiger partial charge in [-0.1, -0.05) is 0 Å². The van der Waals surface area contributed by atoms with Gasteiger partial charge in [-0.2, -0.15) is 0 Å². The molecule has 2 heterocycles. The highest BCUT2D eigenvalue weighted by molar-refractivity contribution is 7.89. The number of nitrogens with one attached hydrogen (secondary N) is 1. The Morgan fingerprint density at radius 3 is 2.52 bits per heavy atom. The molecule has 2 rings (SSSR count). The van der Waals surface area contributed by atoms with Crippen LogP contribution in [0, 0.1) is 19.3 Å². The van der Waals surface area contributed by atoms with E-state index in [1.54, 1.807) is 13.0 Å². The first kappa shape index (κ1) is 16.4. The van der Waals surface area contributed by atoms with Gasteiger partial charge < -0.3 is 9.84 Å². The maximum absolute atomic E-state index is 12.3. The molecule has 0 aliphatic carbocycles. The van der Waals surface area contributed by atoms with Gasteiger partial charge in [0.2, 0.25) is 10.0 Å². The van der Waals surface area contributed by atoms with E-state index in [4.69, 9.17) is 4.74 Å². The van der Waals surface area contributed by atoms with Crippen LogP contribution in [-0.4, -0.2) is 39.3 Å². The minimum atomic E-state index is -3.68. The average Bonchev–Trinajstić information content (AvgIpc) is 2.77. The molecule has 0 saturated carbocycles. The summed E-state index contributed by atoms with van der Waals surface area (Å²) < 4.78 is 32.3. The maximum atomic E-state index is 12.3.